The topological polar surface area (TPSA) is 52.9 Å². The quantitative estimate of drug-likeness (QED) is 0.879. The largest absolute Gasteiger partial charge is 0.504 e. The molecule has 0 aromatic heterocycles. The lowest BCUT2D eigenvalue weighted by molar-refractivity contribution is 0.184. The minimum Gasteiger partial charge on any atom is -0.504 e. The standard InChI is InChI=1S/C16H19NO3/c1-17(13-6-4-3-5-7-13)11-15(19)12-8-9-14(18)16(10-12)20-2/h3-10,15,18-19H,11H2,1-2H3. The lowest BCUT2D eigenvalue weighted by Crippen LogP contribution is -2.24. The van der Waals surface area contributed by atoms with Crippen LogP contribution in [-0.2, 0) is 0 Å². The molecular weight excluding hydrogens is 254 g/mol. The molecule has 2 rings (SSSR count). The highest BCUT2D eigenvalue weighted by molar-refractivity contribution is 5.46. The summed E-state index contributed by atoms with van der Waals surface area (Å²) in [7, 11) is 3.41. The highest BCUT2D eigenvalue weighted by atomic mass is 16.5. The van der Waals surface area contributed by atoms with Gasteiger partial charge in [0.1, 0.15) is 0 Å². The summed E-state index contributed by atoms with van der Waals surface area (Å²) in [6, 6.07) is 14.7. The number of phenols is 1. The zero-order valence-electron chi connectivity index (χ0n) is 11.7. The molecule has 0 radical (unpaired) electrons. The third-order valence-electron chi connectivity index (χ3n) is 3.23. The summed E-state index contributed by atoms with van der Waals surface area (Å²) in [6.07, 6.45) is -0.658. The van der Waals surface area contributed by atoms with Gasteiger partial charge in [0, 0.05) is 19.3 Å². The summed E-state index contributed by atoms with van der Waals surface area (Å²) in [5.41, 5.74) is 1.75. The summed E-state index contributed by atoms with van der Waals surface area (Å²) in [4.78, 5) is 1.98. The number of para-hydroxylation sites is 1. The molecule has 1 atom stereocenters. The number of hydrogen-bond acceptors (Lipinski definition) is 4. The molecule has 0 aliphatic heterocycles. The normalized spacial score (nSPS) is 11.9. The zero-order valence-corrected chi connectivity index (χ0v) is 11.7. The fraction of sp³-hybridized carbons (Fsp3) is 0.250. The van der Waals surface area contributed by atoms with E-state index in [1.54, 1.807) is 12.1 Å². The van der Waals surface area contributed by atoms with Crippen molar-refractivity contribution in [2.75, 3.05) is 25.6 Å². The Hall–Kier alpha value is -2.20. The van der Waals surface area contributed by atoms with Crippen LogP contribution in [0.1, 0.15) is 11.7 Å². The zero-order chi connectivity index (χ0) is 14.5. The smallest absolute Gasteiger partial charge is 0.160 e. The number of aliphatic hydroxyl groups excluding tert-OH is 1. The van der Waals surface area contributed by atoms with E-state index >= 15 is 0 Å². The summed E-state index contributed by atoms with van der Waals surface area (Å²) in [5.74, 6) is 0.434. The van der Waals surface area contributed by atoms with Crippen LogP contribution >= 0.6 is 0 Å². The number of rotatable bonds is 5. The van der Waals surface area contributed by atoms with E-state index in [-0.39, 0.29) is 5.75 Å². The van der Waals surface area contributed by atoms with Gasteiger partial charge >= 0.3 is 0 Å². The number of likely N-dealkylation sites (N-methyl/N-ethyl adjacent to an activating group) is 1. The van der Waals surface area contributed by atoms with Crippen molar-refractivity contribution in [3.63, 3.8) is 0 Å². The summed E-state index contributed by atoms with van der Waals surface area (Å²) >= 11 is 0. The van der Waals surface area contributed by atoms with E-state index < -0.39 is 6.10 Å². The van der Waals surface area contributed by atoms with Crippen molar-refractivity contribution in [3.05, 3.63) is 54.1 Å². The van der Waals surface area contributed by atoms with Gasteiger partial charge in [0.2, 0.25) is 0 Å². The fourth-order valence-electron chi connectivity index (χ4n) is 2.05. The highest BCUT2D eigenvalue weighted by Gasteiger charge is 2.13. The Balaban J connectivity index is 2.10. The molecule has 0 saturated heterocycles. The van der Waals surface area contributed by atoms with Gasteiger partial charge in [-0.2, -0.15) is 0 Å². The Morgan fingerprint density at radius 3 is 2.50 bits per heavy atom. The van der Waals surface area contributed by atoms with Gasteiger partial charge in [-0.1, -0.05) is 24.3 Å². The number of methoxy groups -OCH3 is 1. The molecule has 0 amide bonds. The molecule has 2 aromatic rings. The van der Waals surface area contributed by atoms with Gasteiger partial charge in [0.05, 0.1) is 13.2 Å². The Bertz CT molecular complexity index is 557. The number of anilines is 1. The van der Waals surface area contributed by atoms with Gasteiger partial charge in [0.15, 0.2) is 11.5 Å². The van der Waals surface area contributed by atoms with Crippen molar-refractivity contribution >= 4 is 5.69 Å². The molecule has 0 fully saturated rings. The molecule has 106 valence electrons. The van der Waals surface area contributed by atoms with Gasteiger partial charge < -0.3 is 19.8 Å². The minimum absolute atomic E-state index is 0.0693. The van der Waals surface area contributed by atoms with Crippen molar-refractivity contribution in [1.29, 1.82) is 0 Å². The third kappa shape index (κ3) is 3.22. The number of aromatic hydroxyl groups is 1. The van der Waals surface area contributed by atoms with Crippen LogP contribution in [0.25, 0.3) is 0 Å². The van der Waals surface area contributed by atoms with Crippen molar-refractivity contribution in [3.8, 4) is 11.5 Å². The summed E-state index contributed by atoms with van der Waals surface area (Å²) in [6.45, 7) is 0.456. The summed E-state index contributed by atoms with van der Waals surface area (Å²) in [5, 5.41) is 19.8. The lowest BCUT2D eigenvalue weighted by atomic mass is 10.1. The molecule has 0 aliphatic rings. The SMILES string of the molecule is COc1cc(C(O)CN(C)c2ccccc2)ccc1O. The van der Waals surface area contributed by atoms with E-state index in [1.807, 2.05) is 42.3 Å². The second kappa shape index (κ2) is 6.30. The van der Waals surface area contributed by atoms with E-state index in [4.69, 9.17) is 4.74 Å². The molecule has 2 N–H and O–H groups in total. The molecular formula is C16H19NO3. The first-order valence-electron chi connectivity index (χ1n) is 6.43. The van der Waals surface area contributed by atoms with Crippen LogP contribution in [0.3, 0.4) is 0 Å². The van der Waals surface area contributed by atoms with Crippen LogP contribution in [0, 0.1) is 0 Å². The van der Waals surface area contributed by atoms with Crippen LogP contribution in [0.4, 0.5) is 5.69 Å². The first-order chi connectivity index (χ1) is 9.61. The first kappa shape index (κ1) is 14.2. The molecule has 0 spiro atoms. The van der Waals surface area contributed by atoms with Gasteiger partial charge in [-0.05, 0) is 29.8 Å². The van der Waals surface area contributed by atoms with Gasteiger partial charge in [-0.25, -0.2) is 0 Å². The minimum atomic E-state index is -0.658. The Morgan fingerprint density at radius 2 is 1.85 bits per heavy atom. The number of phenolic OH excluding ortho intramolecular Hbond substituents is 1. The second-order valence-electron chi connectivity index (χ2n) is 4.66. The number of benzene rings is 2. The maximum absolute atomic E-state index is 10.3. The molecule has 4 heteroatoms. The first-order valence-corrected chi connectivity index (χ1v) is 6.43. The van der Waals surface area contributed by atoms with Gasteiger partial charge in [-0.15, -0.1) is 0 Å². The maximum Gasteiger partial charge on any atom is 0.160 e. The van der Waals surface area contributed by atoms with Crippen LogP contribution in [0.5, 0.6) is 11.5 Å². The van der Waals surface area contributed by atoms with Crippen LogP contribution in [-0.4, -0.2) is 30.9 Å². The molecule has 2 aromatic carbocycles. The number of hydrogen-bond donors (Lipinski definition) is 2. The van der Waals surface area contributed by atoms with Crippen molar-refractivity contribution < 1.29 is 14.9 Å². The monoisotopic (exact) mass is 273 g/mol. The molecule has 0 bridgehead atoms. The molecule has 0 saturated carbocycles. The summed E-state index contributed by atoms with van der Waals surface area (Å²) < 4.78 is 5.05. The maximum atomic E-state index is 10.3. The number of aliphatic hydroxyl groups is 1. The second-order valence-corrected chi connectivity index (χ2v) is 4.66. The van der Waals surface area contributed by atoms with E-state index in [2.05, 4.69) is 0 Å². The van der Waals surface area contributed by atoms with Crippen LogP contribution in [0.2, 0.25) is 0 Å². The average Bonchev–Trinajstić information content (AvgIpc) is 2.48. The lowest BCUT2D eigenvalue weighted by Gasteiger charge is -2.23. The van der Waals surface area contributed by atoms with Gasteiger partial charge in [0.25, 0.3) is 0 Å². The predicted octanol–water partition coefficient (Wildman–Crippen LogP) is 2.57. The van der Waals surface area contributed by atoms with Crippen molar-refractivity contribution in [2.45, 2.75) is 6.10 Å². The Kier molecular flexibility index (Phi) is 4.48. The predicted molar refractivity (Wildman–Crippen MR) is 79.3 cm³/mol. The molecule has 4 nitrogen and oxygen atoms in total. The van der Waals surface area contributed by atoms with Crippen LogP contribution < -0.4 is 9.64 Å². The molecule has 1 unspecified atom stereocenters. The van der Waals surface area contributed by atoms with E-state index in [1.165, 1.54) is 13.2 Å². The van der Waals surface area contributed by atoms with Crippen LogP contribution in [0.15, 0.2) is 48.5 Å². The fourth-order valence-corrected chi connectivity index (χ4v) is 2.05. The highest BCUT2D eigenvalue weighted by Crippen LogP contribution is 2.29. The Labute approximate surface area is 118 Å². The Morgan fingerprint density at radius 1 is 1.15 bits per heavy atom. The number of nitrogens with zero attached hydrogens (tertiary/aromatic N) is 1. The molecule has 0 heterocycles. The molecule has 20 heavy (non-hydrogen) atoms. The third-order valence-corrected chi connectivity index (χ3v) is 3.23. The number of ether oxygens (including phenoxy) is 1. The molecule has 0 aliphatic carbocycles. The van der Waals surface area contributed by atoms with Gasteiger partial charge in [-0.3, -0.25) is 0 Å². The van der Waals surface area contributed by atoms with Crippen molar-refractivity contribution in [2.24, 2.45) is 0 Å². The average molecular weight is 273 g/mol. The van der Waals surface area contributed by atoms with E-state index in [0.29, 0.717) is 17.9 Å². The van der Waals surface area contributed by atoms with Crippen molar-refractivity contribution in [1.82, 2.24) is 0 Å². The van der Waals surface area contributed by atoms with E-state index in [0.717, 1.165) is 5.69 Å². The van der Waals surface area contributed by atoms with E-state index in [9.17, 15) is 10.2 Å².